The first-order chi connectivity index (χ1) is 18.3. The summed E-state index contributed by atoms with van der Waals surface area (Å²) in [6.07, 6.45) is -1.37. The van der Waals surface area contributed by atoms with Gasteiger partial charge in [0, 0.05) is 23.5 Å². The number of carboxylic acid groups (broad SMARTS) is 2. The molecule has 1 heterocycles. The molecule has 212 valence electrons. The van der Waals surface area contributed by atoms with E-state index in [1.165, 1.54) is 0 Å². The maximum atomic E-state index is 12.9. The average Bonchev–Trinajstić information content (AvgIpc) is 3.26. The van der Waals surface area contributed by atoms with Crippen LogP contribution >= 0.6 is 0 Å². The van der Waals surface area contributed by atoms with Crippen LogP contribution in [-0.4, -0.2) is 86.1 Å². The number of carboxylic acids is 2. The van der Waals surface area contributed by atoms with E-state index in [2.05, 4.69) is 20.9 Å². The zero-order chi connectivity index (χ0) is 29.3. The number of para-hydroxylation sites is 1. The molecule has 0 aliphatic carbocycles. The maximum absolute atomic E-state index is 12.9. The molecule has 0 radical (unpaired) electrons. The number of aliphatic carboxylic acids is 2. The van der Waals surface area contributed by atoms with Gasteiger partial charge in [-0.25, -0.2) is 4.79 Å². The summed E-state index contributed by atoms with van der Waals surface area (Å²) >= 11 is 0. The van der Waals surface area contributed by atoms with Gasteiger partial charge >= 0.3 is 11.9 Å². The number of fused-ring (bicyclic) bond motifs is 1. The lowest BCUT2D eigenvalue weighted by atomic mass is 10.0. The van der Waals surface area contributed by atoms with Crippen LogP contribution in [0.25, 0.3) is 10.9 Å². The second-order valence-corrected chi connectivity index (χ2v) is 8.96. The lowest BCUT2D eigenvalue weighted by molar-refractivity contribution is -0.144. The number of carbonyl (C=O) groups excluding carboxylic acids is 4. The molecular formula is C24H32N6O9. The number of aromatic nitrogens is 1. The van der Waals surface area contributed by atoms with Crippen LogP contribution < -0.4 is 27.4 Å². The van der Waals surface area contributed by atoms with Crippen LogP contribution in [0.3, 0.4) is 0 Å². The summed E-state index contributed by atoms with van der Waals surface area (Å²) in [6.45, 7) is 1.13. The van der Waals surface area contributed by atoms with Crippen molar-refractivity contribution in [2.45, 2.75) is 62.9 Å². The number of carbonyl (C=O) groups is 6. The zero-order valence-electron chi connectivity index (χ0n) is 21.0. The Labute approximate surface area is 222 Å². The number of hydrogen-bond acceptors (Lipinski definition) is 8. The number of benzene rings is 1. The standard InChI is InChI=1S/C24H32N6O9/c1-11(31)20(23(37)28-16(24(38)39)6-7-18(26)32)30-22(36)17(9-19(33)34)29-21(35)14(25)8-12-10-27-15-5-3-2-4-13(12)15/h2-5,10-11,14,16-17,20,27,31H,6-9,25H2,1H3,(H2,26,32)(H,28,37)(H,29,35)(H,30,36)(H,33,34)(H,38,39). The van der Waals surface area contributed by atoms with E-state index in [-0.39, 0.29) is 19.3 Å². The molecule has 39 heavy (non-hydrogen) atoms. The van der Waals surface area contributed by atoms with E-state index >= 15 is 0 Å². The third kappa shape index (κ3) is 9.08. The number of H-pyrrole nitrogens is 1. The third-order valence-corrected chi connectivity index (χ3v) is 5.82. The number of aliphatic hydroxyl groups is 1. The van der Waals surface area contributed by atoms with Crippen LogP contribution in [0.15, 0.2) is 30.5 Å². The van der Waals surface area contributed by atoms with Gasteiger partial charge in [-0.2, -0.15) is 0 Å². The molecule has 2 aromatic rings. The maximum Gasteiger partial charge on any atom is 0.326 e. The predicted octanol–water partition coefficient (Wildman–Crippen LogP) is -2.30. The van der Waals surface area contributed by atoms with Crippen LogP contribution in [-0.2, 0) is 35.2 Å². The average molecular weight is 549 g/mol. The van der Waals surface area contributed by atoms with Gasteiger partial charge in [0.15, 0.2) is 0 Å². The molecule has 1 aromatic carbocycles. The van der Waals surface area contributed by atoms with E-state index in [1.54, 1.807) is 6.20 Å². The fourth-order valence-electron chi connectivity index (χ4n) is 3.76. The number of primary amides is 1. The lowest BCUT2D eigenvalue weighted by Crippen LogP contribution is -2.60. The van der Waals surface area contributed by atoms with E-state index in [0.717, 1.165) is 23.4 Å². The predicted molar refractivity (Wildman–Crippen MR) is 136 cm³/mol. The first kappa shape index (κ1) is 30.7. The van der Waals surface area contributed by atoms with E-state index in [1.807, 2.05) is 24.3 Å². The molecule has 0 bridgehead atoms. The third-order valence-electron chi connectivity index (χ3n) is 5.82. The number of rotatable bonds is 15. The molecule has 4 amide bonds. The second-order valence-electron chi connectivity index (χ2n) is 8.96. The minimum absolute atomic E-state index is 0.0673. The summed E-state index contributed by atoms with van der Waals surface area (Å²) in [7, 11) is 0. The summed E-state index contributed by atoms with van der Waals surface area (Å²) in [4.78, 5) is 75.1. The zero-order valence-corrected chi connectivity index (χ0v) is 21.0. The monoisotopic (exact) mass is 548 g/mol. The van der Waals surface area contributed by atoms with Gasteiger partial charge in [0.2, 0.25) is 23.6 Å². The Hall–Kier alpha value is -4.50. The summed E-state index contributed by atoms with van der Waals surface area (Å²) in [5.74, 6) is -6.82. The number of nitrogens with one attached hydrogen (secondary N) is 4. The summed E-state index contributed by atoms with van der Waals surface area (Å²) in [6, 6.07) is 1.19. The number of aliphatic hydroxyl groups excluding tert-OH is 1. The van der Waals surface area contributed by atoms with Gasteiger partial charge in [-0.3, -0.25) is 24.0 Å². The molecule has 2 rings (SSSR count). The molecule has 5 unspecified atom stereocenters. The minimum Gasteiger partial charge on any atom is -0.481 e. The van der Waals surface area contributed by atoms with Crippen molar-refractivity contribution in [3.05, 3.63) is 36.0 Å². The molecule has 0 fully saturated rings. The van der Waals surface area contributed by atoms with Crippen LogP contribution in [0, 0.1) is 0 Å². The molecule has 0 saturated heterocycles. The first-order valence-corrected chi connectivity index (χ1v) is 11.9. The molecule has 15 heteroatoms. The van der Waals surface area contributed by atoms with Crippen LogP contribution in [0.4, 0.5) is 0 Å². The van der Waals surface area contributed by atoms with Gasteiger partial charge in [-0.1, -0.05) is 18.2 Å². The smallest absolute Gasteiger partial charge is 0.326 e. The molecule has 0 spiro atoms. The Kier molecular flexibility index (Phi) is 10.9. The number of hydrogen-bond donors (Lipinski definition) is 9. The van der Waals surface area contributed by atoms with Gasteiger partial charge in [-0.05, 0) is 31.4 Å². The minimum atomic E-state index is -1.72. The van der Waals surface area contributed by atoms with Gasteiger partial charge < -0.3 is 47.7 Å². The largest absolute Gasteiger partial charge is 0.481 e. The van der Waals surface area contributed by atoms with Gasteiger partial charge in [-0.15, -0.1) is 0 Å². The van der Waals surface area contributed by atoms with Crippen molar-refractivity contribution in [3.63, 3.8) is 0 Å². The number of aromatic amines is 1. The van der Waals surface area contributed by atoms with Crippen molar-refractivity contribution < 1.29 is 44.1 Å². The fraction of sp³-hybridized carbons (Fsp3) is 0.417. The van der Waals surface area contributed by atoms with E-state index < -0.39 is 72.3 Å². The highest BCUT2D eigenvalue weighted by molar-refractivity contribution is 5.96. The fourth-order valence-corrected chi connectivity index (χ4v) is 3.76. The van der Waals surface area contributed by atoms with E-state index in [0.29, 0.717) is 0 Å². The highest BCUT2D eigenvalue weighted by atomic mass is 16.4. The summed E-state index contributed by atoms with van der Waals surface area (Å²) in [5, 5.41) is 35.9. The highest BCUT2D eigenvalue weighted by Crippen LogP contribution is 2.18. The SMILES string of the molecule is CC(O)C(NC(=O)C(CC(=O)O)NC(=O)C(N)Cc1c[nH]c2ccccc12)C(=O)NC(CCC(N)=O)C(=O)O. The van der Waals surface area contributed by atoms with Crippen LogP contribution in [0.1, 0.15) is 31.7 Å². The number of amides is 4. The van der Waals surface area contributed by atoms with Crippen molar-refractivity contribution in [2.75, 3.05) is 0 Å². The van der Waals surface area contributed by atoms with Gasteiger partial charge in [0.25, 0.3) is 0 Å². The quantitative estimate of drug-likeness (QED) is 0.115. The molecule has 0 aliphatic rings. The van der Waals surface area contributed by atoms with Crippen LogP contribution in [0.2, 0.25) is 0 Å². The van der Waals surface area contributed by atoms with Crippen LogP contribution in [0.5, 0.6) is 0 Å². The molecule has 0 saturated carbocycles. The van der Waals surface area contributed by atoms with Crippen molar-refractivity contribution in [1.82, 2.24) is 20.9 Å². The lowest BCUT2D eigenvalue weighted by Gasteiger charge is -2.26. The molecular weight excluding hydrogens is 516 g/mol. The normalized spacial score (nSPS) is 14.8. The topological polar surface area (TPSA) is 267 Å². The van der Waals surface area contributed by atoms with Gasteiger partial charge in [0.1, 0.15) is 18.1 Å². The number of nitrogens with two attached hydrogens (primary N) is 2. The van der Waals surface area contributed by atoms with E-state index in [9.17, 15) is 44.1 Å². The van der Waals surface area contributed by atoms with Crippen molar-refractivity contribution in [1.29, 1.82) is 0 Å². The summed E-state index contributed by atoms with van der Waals surface area (Å²) in [5.41, 5.74) is 12.6. The molecule has 1 aromatic heterocycles. The van der Waals surface area contributed by atoms with Crippen molar-refractivity contribution in [3.8, 4) is 0 Å². The first-order valence-electron chi connectivity index (χ1n) is 11.9. The molecule has 0 aliphatic heterocycles. The molecule has 15 nitrogen and oxygen atoms in total. The Balaban J connectivity index is 2.11. The molecule has 11 N–H and O–H groups in total. The van der Waals surface area contributed by atoms with Crippen molar-refractivity contribution >= 4 is 46.5 Å². The van der Waals surface area contributed by atoms with E-state index in [4.69, 9.17) is 11.5 Å². The Morgan fingerprint density at radius 3 is 2.18 bits per heavy atom. The Morgan fingerprint density at radius 2 is 1.59 bits per heavy atom. The molecule has 5 atom stereocenters. The second kappa shape index (κ2) is 13.9. The van der Waals surface area contributed by atoms with Crippen molar-refractivity contribution in [2.24, 2.45) is 11.5 Å². The Morgan fingerprint density at radius 1 is 0.949 bits per heavy atom. The Bertz CT molecular complexity index is 1230. The summed E-state index contributed by atoms with van der Waals surface area (Å²) < 4.78 is 0. The van der Waals surface area contributed by atoms with Gasteiger partial charge in [0.05, 0.1) is 18.6 Å². The highest BCUT2D eigenvalue weighted by Gasteiger charge is 2.33.